The van der Waals surface area contributed by atoms with Gasteiger partial charge >= 0.3 is 0 Å². The van der Waals surface area contributed by atoms with Crippen LogP contribution in [0.25, 0.3) is 0 Å². The van der Waals surface area contributed by atoms with E-state index in [0.29, 0.717) is 26.1 Å². The molecule has 0 aromatic heterocycles. The van der Waals surface area contributed by atoms with E-state index < -0.39 is 5.41 Å². The minimum Gasteiger partial charge on any atom is -0.354 e. The highest BCUT2D eigenvalue weighted by Crippen LogP contribution is 2.27. The van der Waals surface area contributed by atoms with Crippen LogP contribution in [0.15, 0.2) is 0 Å². The second-order valence-electron chi connectivity index (χ2n) is 8.86. The third-order valence-corrected chi connectivity index (χ3v) is 5.52. The molecule has 2 saturated heterocycles. The van der Waals surface area contributed by atoms with Crippen LogP contribution in [-0.2, 0) is 14.4 Å². The van der Waals surface area contributed by atoms with Crippen molar-refractivity contribution < 1.29 is 14.4 Å². The molecule has 162 valence electrons. The van der Waals surface area contributed by atoms with Crippen LogP contribution >= 0.6 is 12.4 Å². The highest BCUT2D eigenvalue weighted by atomic mass is 35.5. The van der Waals surface area contributed by atoms with E-state index in [1.54, 1.807) is 0 Å². The molecule has 0 bridgehead atoms. The first-order valence-corrected chi connectivity index (χ1v) is 10.3. The lowest BCUT2D eigenvalue weighted by Gasteiger charge is -2.41. The molecule has 0 spiro atoms. The van der Waals surface area contributed by atoms with Gasteiger partial charge in [-0.3, -0.25) is 14.4 Å². The van der Waals surface area contributed by atoms with E-state index in [4.69, 9.17) is 5.73 Å². The Hall–Kier alpha value is -1.34. The van der Waals surface area contributed by atoms with Crippen LogP contribution < -0.4 is 11.1 Å². The van der Waals surface area contributed by atoms with Gasteiger partial charge in [-0.25, -0.2) is 0 Å². The molecule has 0 aliphatic carbocycles. The number of nitrogens with two attached hydrogens (primary N) is 1. The van der Waals surface area contributed by atoms with Crippen molar-refractivity contribution in [3.63, 3.8) is 0 Å². The molecule has 7 nitrogen and oxygen atoms in total. The van der Waals surface area contributed by atoms with E-state index in [1.807, 2.05) is 30.6 Å². The van der Waals surface area contributed by atoms with Crippen LogP contribution in [0.4, 0.5) is 0 Å². The van der Waals surface area contributed by atoms with E-state index >= 15 is 0 Å². The highest BCUT2D eigenvalue weighted by Gasteiger charge is 2.37. The van der Waals surface area contributed by atoms with Crippen LogP contribution in [0, 0.1) is 11.3 Å². The summed E-state index contributed by atoms with van der Waals surface area (Å²) >= 11 is 0. The summed E-state index contributed by atoms with van der Waals surface area (Å²) < 4.78 is 0. The molecule has 0 aromatic carbocycles. The fraction of sp³-hybridized carbons (Fsp3) is 0.850. The number of carbonyl (C=O) groups excluding carboxylic acids is 3. The van der Waals surface area contributed by atoms with Crippen molar-refractivity contribution in [3.05, 3.63) is 0 Å². The first-order chi connectivity index (χ1) is 12.7. The average Bonchev–Trinajstić information content (AvgIpc) is 2.65. The second-order valence-corrected chi connectivity index (χ2v) is 8.86. The van der Waals surface area contributed by atoms with Gasteiger partial charge in [0, 0.05) is 50.6 Å². The van der Waals surface area contributed by atoms with Crippen LogP contribution in [0.1, 0.15) is 59.3 Å². The number of nitrogens with zero attached hydrogens (tertiary/aromatic N) is 2. The summed E-state index contributed by atoms with van der Waals surface area (Å²) in [5.41, 5.74) is 5.00. The number of likely N-dealkylation sites (tertiary alicyclic amines) is 2. The molecule has 8 heteroatoms. The third kappa shape index (κ3) is 6.62. The zero-order valence-electron chi connectivity index (χ0n) is 17.5. The number of nitrogens with one attached hydrogen (secondary N) is 1. The van der Waals surface area contributed by atoms with Crippen LogP contribution in [-0.4, -0.2) is 66.3 Å². The van der Waals surface area contributed by atoms with Crippen LogP contribution in [0.5, 0.6) is 0 Å². The summed E-state index contributed by atoms with van der Waals surface area (Å²) in [5.74, 6) is 0.0592. The Morgan fingerprint density at radius 1 is 1.07 bits per heavy atom. The molecular weight excluding hydrogens is 380 g/mol. The maximum atomic E-state index is 13.2. The van der Waals surface area contributed by atoms with Crippen molar-refractivity contribution in [2.45, 2.75) is 65.3 Å². The molecular formula is C20H37ClN4O3. The largest absolute Gasteiger partial charge is 0.354 e. The second kappa shape index (κ2) is 11.0. The predicted molar refractivity (Wildman–Crippen MR) is 112 cm³/mol. The summed E-state index contributed by atoms with van der Waals surface area (Å²) in [6.07, 6.45) is 4.98. The van der Waals surface area contributed by atoms with E-state index in [0.717, 1.165) is 45.2 Å². The molecule has 2 atom stereocenters. The van der Waals surface area contributed by atoms with Gasteiger partial charge in [0.25, 0.3) is 0 Å². The lowest BCUT2D eigenvalue weighted by Crippen LogP contribution is -2.54. The van der Waals surface area contributed by atoms with Gasteiger partial charge in [-0.1, -0.05) is 20.8 Å². The van der Waals surface area contributed by atoms with Gasteiger partial charge < -0.3 is 20.9 Å². The summed E-state index contributed by atoms with van der Waals surface area (Å²) in [7, 11) is 0. The summed E-state index contributed by atoms with van der Waals surface area (Å²) in [6.45, 7) is 8.57. The molecule has 2 fully saturated rings. The van der Waals surface area contributed by atoms with Gasteiger partial charge in [-0.2, -0.15) is 0 Å². The normalized spacial score (nSPS) is 23.0. The lowest BCUT2D eigenvalue weighted by atomic mass is 9.90. The van der Waals surface area contributed by atoms with Gasteiger partial charge in [-0.05, 0) is 32.1 Å². The van der Waals surface area contributed by atoms with E-state index in [-0.39, 0.29) is 42.1 Å². The Kier molecular flexibility index (Phi) is 9.70. The number of halogens is 1. The Morgan fingerprint density at radius 3 is 2.43 bits per heavy atom. The van der Waals surface area contributed by atoms with Gasteiger partial charge in [0.05, 0.1) is 5.92 Å². The fourth-order valence-electron chi connectivity index (χ4n) is 4.03. The first kappa shape index (κ1) is 24.7. The Bertz CT molecular complexity index is 550. The zero-order chi connectivity index (χ0) is 20.0. The zero-order valence-corrected chi connectivity index (χ0v) is 18.4. The molecule has 2 aliphatic heterocycles. The molecule has 0 saturated carbocycles. The van der Waals surface area contributed by atoms with Crippen molar-refractivity contribution >= 4 is 30.1 Å². The molecule has 3 amide bonds. The SMILES string of the molecule is CC(C)(C)C(=O)N1CCCC(C(=O)N2CCCCC2CNC(=O)CCN)C1.Cl. The van der Waals surface area contributed by atoms with E-state index in [1.165, 1.54) is 0 Å². The number of amides is 3. The topological polar surface area (TPSA) is 95.7 Å². The monoisotopic (exact) mass is 416 g/mol. The van der Waals surface area contributed by atoms with Crippen molar-refractivity contribution in [2.75, 3.05) is 32.7 Å². The summed E-state index contributed by atoms with van der Waals surface area (Å²) in [4.78, 5) is 41.4. The Balaban J connectivity index is 0.00000392. The molecule has 28 heavy (non-hydrogen) atoms. The summed E-state index contributed by atoms with van der Waals surface area (Å²) in [5, 5.41) is 2.91. The Morgan fingerprint density at radius 2 is 1.79 bits per heavy atom. The minimum absolute atomic E-state index is 0. The van der Waals surface area contributed by atoms with Gasteiger partial charge in [0.15, 0.2) is 0 Å². The quantitative estimate of drug-likeness (QED) is 0.710. The average molecular weight is 417 g/mol. The van der Waals surface area contributed by atoms with E-state index in [2.05, 4.69) is 5.32 Å². The smallest absolute Gasteiger partial charge is 0.227 e. The van der Waals surface area contributed by atoms with Crippen molar-refractivity contribution in [1.82, 2.24) is 15.1 Å². The minimum atomic E-state index is -0.425. The number of hydrogen-bond acceptors (Lipinski definition) is 4. The van der Waals surface area contributed by atoms with Crippen LogP contribution in [0.3, 0.4) is 0 Å². The highest BCUT2D eigenvalue weighted by molar-refractivity contribution is 5.85. The number of rotatable bonds is 5. The maximum absolute atomic E-state index is 13.2. The lowest BCUT2D eigenvalue weighted by molar-refractivity contribution is -0.147. The molecule has 2 heterocycles. The third-order valence-electron chi connectivity index (χ3n) is 5.52. The van der Waals surface area contributed by atoms with Crippen molar-refractivity contribution in [1.29, 1.82) is 0 Å². The standard InChI is InChI=1S/C20H36N4O3.ClH/c1-20(2,3)19(27)23-11-6-7-15(14-23)18(26)24-12-5-4-8-16(24)13-22-17(25)9-10-21;/h15-16H,4-14,21H2,1-3H3,(H,22,25);1H. The van der Waals surface area contributed by atoms with E-state index in [9.17, 15) is 14.4 Å². The first-order valence-electron chi connectivity index (χ1n) is 10.3. The fourth-order valence-corrected chi connectivity index (χ4v) is 4.03. The van der Waals surface area contributed by atoms with Crippen molar-refractivity contribution in [3.8, 4) is 0 Å². The molecule has 2 aliphatic rings. The van der Waals surface area contributed by atoms with Crippen molar-refractivity contribution in [2.24, 2.45) is 17.1 Å². The molecule has 0 aromatic rings. The number of hydrogen-bond donors (Lipinski definition) is 2. The Labute approximate surface area is 175 Å². The maximum Gasteiger partial charge on any atom is 0.227 e. The molecule has 0 radical (unpaired) electrons. The van der Waals surface area contributed by atoms with Gasteiger partial charge in [0.1, 0.15) is 0 Å². The molecule has 2 unspecified atom stereocenters. The van der Waals surface area contributed by atoms with Gasteiger partial charge in [-0.15, -0.1) is 12.4 Å². The van der Waals surface area contributed by atoms with Crippen LogP contribution in [0.2, 0.25) is 0 Å². The number of piperidine rings is 2. The predicted octanol–water partition coefficient (Wildman–Crippen LogP) is 1.54. The summed E-state index contributed by atoms with van der Waals surface area (Å²) in [6, 6.07) is 0.0432. The molecule has 3 N–H and O–H groups in total. The molecule has 2 rings (SSSR count). The number of carbonyl (C=O) groups is 3. The van der Waals surface area contributed by atoms with Gasteiger partial charge in [0.2, 0.25) is 17.7 Å².